The van der Waals surface area contributed by atoms with Gasteiger partial charge >= 0.3 is 6.09 Å². The van der Waals surface area contributed by atoms with Crippen molar-refractivity contribution in [3.63, 3.8) is 0 Å². The van der Waals surface area contributed by atoms with E-state index >= 15 is 0 Å². The molecule has 0 aliphatic heterocycles. The van der Waals surface area contributed by atoms with Crippen molar-refractivity contribution in [1.82, 2.24) is 4.90 Å². The number of benzene rings is 2. The summed E-state index contributed by atoms with van der Waals surface area (Å²) in [6.07, 6.45) is 2.28. The number of amides is 1. The standard InChI is InChI=1S/C21H25NO3/c1-22(13-7-2-8-14-23)21(24)25-15-20-18-11-5-3-9-16(18)17-10-4-6-12-19(17)20/h3-6,9-12,20,23H,2,7-8,13-15H2,1H3. The minimum absolute atomic E-state index is 0.0964. The van der Waals surface area contributed by atoms with E-state index in [9.17, 15) is 4.79 Å². The third-order valence-electron chi connectivity index (χ3n) is 4.80. The van der Waals surface area contributed by atoms with E-state index in [-0.39, 0.29) is 18.6 Å². The Bertz CT molecular complexity index is 683. The summed E-state index contributed by atoms with van der Waals surface area (Å²) in [6.45, 7) is 1.21. The second-order valence-corrected chi connectivity index (χ2v) is 6.51. The highest BCUT2D eigenvalue weighted by atomic mass is 16.6. The maximum atomic E-state index is 12.2. The van der Waals surface area contributed by atoms with Crippen molar-refractivity contribution in [2.75, 3.05) is 26.8 Å². The van der Waals surface area contributed by atoms with Gasteiger partial charge in [0.2, 0.25) is 0 Å². The topological polar surface area (TPSA) is 49.8 Å². The van der Waals surface area contributed by atoms with Gasteiger partial charge in [0.15, 0.2) is 0 Å². The zero-order chi connectivity index (χ0) is 17.6. The molecular weight excluding hydrogens is 314 g/mol. The molecule has 4 nitrogen and oxygen atoms in total. The van der Waals surface area contributed by atoms with Crippen molar-refractivity contribution in [3.05, 3.63) is 59.7 Å². The molecule has 0 radical (unpaired) electrons. The zero-order valence-corrected chi connectivity index (χ0v) is 14.6. The van der Waals surface area contributed by atoms with Crippen LogP contribution in [-0.4, -0.2) is 42.9 Å². The number of unbranched alkanes of at least 4 members (excludes halogenated alkanes) is 2. The molecule has 0 saturated carbocycles. The van der Waals surface area contributed by atoms with Gasteiger partial charge < -0.3 is 14.7 Å². The SMILES string of the molecule is CN(CCCCCO)C(=O)OCC1c2ccccc2-c2ccccc21. The number of carbonyl (C=O) groups excluding carboxylic acids is 1. The summed E-state index contributed by atoms with van der Waals surface area (Å²) in [6, 6.07) is 16.7. The van der Waals surface area contributed by atoms with Crippen molar-refractivity contribution >= 4 is 6.09 Å². The Morgan fingerprint density at radius 2 is 1.60 bits per heavy atom. The lowest BCUT2D eigenvalue weighted by Crippen LogP contribution is -2.29. The lowest BCUT2D eigenvalue weighted by atomic mass is 9.98. The molecule has 0 unspecified atom stereocenters. The Labute approximate surface area is 149 Å². The average molecular weight is 339 g/mol. The highest BCUT2D eigenvalue weighted by molar-refractivity contribution is 5.79. The third kappa shape index (κ3) is 3.85. The lowest BCUT2D eigenvalue weighted by Gasteiger charge is -2.19. The molecule has 0 saturated heterocycles. The Balaban J connectivity index is 1.62. The van der Waals surface area contributed by atoms with Crippen LogP contribution in [0.1, 0.15) is 36.3 Å². The molecule has 2 aromatic rings. The molecule has 0 spiro atoms. The fraction of sp³-hybridized carbons (Fsp3) is 0.381. The van der Waals surface area contributed by atoms with E-state index in [0.29, 0.717) is 13.2 Å². The number of rotatable bonds is 7. The van der Waals surface area contributed by atoms with Crippen LogP contribution in [0.4, 0.5) is 4.79 Å². The molecule has 1 N–H and O–H groups in total. The first-order valence-corrected chi connectivity index (χ1v) is 8.89. The fourth-order valence-corrected chi connectivity index (χ4v) is 3.43. The fourth-order valence-electron chi connectivity index (χ4n) is 3.43. The number of hydrogen-bond donors (Lipinski definition) is 1. The minimum Gasteiger partial charge on any atom is -0.448 e. The molecule has 0 heterocycles. The number of hydrogen-bond acceptors (Lipinski definition) is 3. The second-order valence-electron chi connectivity index (χ2n) is 6.51. The zero-order valence-electron chi connectivity index (χ0n) is 14.6. The van der Waals surface area contributed by atoms with Crippen LogP contribution in [0.5, 0.6) is 0 Å². The van der Waals surface area contributed by atoms with Gasteiger partial charge in [0.1, 0.15) is 6.61 Å². The summed E-state index contributed by atoms with van der Waals surface area (Å²) < 4.78 is 5.60. The maximum absolute atomic E-state index is 12.2. The van der Waals surface area contributed by atoms with E-state index in [2.05, 4.69) is 24.3 Å². The largest absolute Gasteiger partial charge is 0.448 e. The van der Waals surface area contributed by atoms with E-state index in [4.69, 9.17) is 9.84 Å². The average Bonchev–Trinajstić information content (AvgIpc) is 2.97. The molecule has 0 fully saturated rings. The quantitative estimate of drug-likeness (QED) is 0.775. The van der Waals surface area contributed by atoms with Gasteiger partial charge in [0.25, 0.3) is 0 Å². The van der Waals surface area contributed by atoms with Gasteiger partial charge in [-0.15, -0.1) is 0 Å². The van der Waals surface area contributed by atoms with Crippen LogP contribution in [-0.2, 0) is 4.74 Å². The number of carbonyl (C=O) groups is 1. The summed E-state index contributed by atoms with van der Waals surface area (Å²) in [5.41, 5.74) is 4.91. The van der Waals surface area contributed by atoms with E-state index in [1.54, 1.807) is 11.9 Å². The van der Waals surface area contributed by atoms with E-state index in [0.717, 1.165) is 19.3 Å². The van der Waals surface area contributed by atoms with E-state index < -0.39 is 0 Å². The van der Waals surface area contributed by atoms with Gasteiger partial charge in [-0.1, -0.05) is 48.5 Å². The molecule has 25 heavy (non-hydrogen) atoms. The number of aliphatic hydroxyl groups is 1. The van der Waals surface area contributed by atoms with Crippen LogP contribution in [0.3, 0.4) is 0 Å². The summed E-state index contributed by atoms with van der Waals surface area (Å²) in [5, 5.41) is 8.80. The number of nitrogens with zero attached hydrogens (tertiary/aromatic N) is 1. The molecule has 0 aromatic heterocycles. The number of aliphatic hydroxyl groups excluding tert-OH is 1. The van der Waals surface area contributed by atoms with Gasteiger partial charge in [-0.25, -0.2) is 4.79 Å². The maximum Gasteiger partial charge on any atom is 0.409 e. The molecule has 0 atom stereocenters. The minimum atomic E-state index is -0.286. The first-order valence-electron chi connectivity index (χ1n) is 8.89. The molecule has 3 rings (SSSR count). The predicted octanol–water partition coefficient (Wildman–Crippen LogP) is 4.03. The Morgan fingerprint density at radius 3 is 2.20 bits per heavy atom. The highest BCUT2D eigenvalue weighted by Gasteiger charge is 2.29. The Hall–Kier alpha value is -2.33. The predicted molar refractivity (Wildman–Crippen MR) is 98.6 cm³/mol. The van der Waals surface area contributed by atoms with Gasteiger partial charge in [0, 0.05) is 26.1 Å². The molecule has 0 bridgehead atoms. The van der Waals surface area contributed by atoms with E-state index in [1.807, 2.05) is 24.3 Å². The van der Waals surface area contributed by atoms with Crippen molar-refractivity contribution in [1.29, 1.82) is 0 Å². The van der Waals surface area contributed by atoms with Crippen LogP contribution in [0, 0.1) is 0 Å². The molecule has 1 aliphatic rings. The molecule has 1 aliphatic carbocycles. The van der Waals surface area contributed by atoms with Crippen LogP contribution in [0.2, 0.25) is 0 Å². The molecule has 132 valence electrons. The summed E-state index contributed by atoms with van der Waals surface area (Å²) in [5.74, 6) is 0.0964. The smallest absolute Gasteiger partial charge is 0.409 e. The highest BCUT2D eigenvalue weighted by Crippen LogP contribution is 2.44. The monoisotopic (exact) mass is 339 g/mol. The third-order valence-corrected chi connectivity index (χ3v) is 4.80. The number of ether oxygens (including phenoxy) is 1. The molecule has 1 amide bonds. The van der Waals surface area contributed by atoms with Crippen LogP contribution >= 0.6 is 0 Å². The van der Waals surface area contributed by atoms with Crippen LogP contribution in [0.25, 0.3) is 11.1 Å². The first-order chi connectivity index (χ1) is 12.2. The van der Waals surface area contributed by atoms with Gasteiger partial charge in [-0.2, -0.15) is 0 Å². The number of fused-ring (bicyclic) bond motifs is 3. The molecule has 4 heteroatoms. The van der Waals surface area contributed by atoms with Crippen LogP contribution in [0.15, 0.2) is 48.5 Å². The van der Waals surface area contributed by atoms with Crippen molar-refractivity contribution in [2.45, 2.75) is 25.2 Å². The first kappa shape index (κ1) is 17.5. The molecular formula is C21H25NO3. The Kier molecular flexibility index (Phi) is 5.71. The summed E-state index contributed by atoms with van der Waals surface area (Å²) in [4.78, 5) is 13.9. The van der Waals surface area contributed by atoms with Crippen LogP contribution < -0.4 is 0 Å². The van der Waals surface area contributed by atoms with Crippen molar-refractivity contribution in [2.24, 2.45) is 0 Å². The molecule has 2 aromatic carbocycles. The van der Waals surface area contributed by atoms with Gasteiger partial charge in [-0.3, -0.25) is 0 Å². The lowest BCUT2D eigenvalue weighted by molar-refractivity contribution is 0.107. The summed E-state index contributed by atoms with van der Waals surface area (Å²) >= 11 is 0. The second kappa shape index (κ2) is 8.17. The van der Waals surface area contributed by atoms with E-state index in [1.165, 1.54) is 22.3 Å². The Morgan fingerprint density at radius 1 is 1.00 bits per heavy atom. The summed E-state index contributed by atoms with van der Waals surface area (Å²) in [7, 11) is 1.76. The van der Waals surface area contributed by atoms with Gasteiger partial charge in [0.05, 0.1) is 0 Å². The normalized spacial score (nSPS) is 12.6. The van der Waals surface area contributed by atoms with Crippen molar-refractivity contribution in [3.8, 4) is 11.1 Å². The van der Waals surface area contributed by atoms with Gasteiger partial charge in [-0.05, 0) is 41.5 Å². The van der Waals surface area contributed by atoms with Crippen molar-refractivity contribution < 1.29 is 14.6 Å².